The fraction of sp³-hybridized carbons (Fsp3) is 0.650. The maximum absolute atomic E-state index is 5.66. The molecule has 0 amide bonds. The SMILES string of the molecule is CCNC(=NCc1nc(-c2ccco2)n[nH]1)NC1CCN(CCOC(C)C)CC1. The monoisotopic (exact) mass is 403 g/mol. The first-order valence-electron chi connectivity index (χ1n) is 10.5. The zero-order valence-electron chi connectivity index (χ0n) is 17.6. The van der Waals surface area contributed by atoms with Gasteiger partial charge in [0.25, 0.3) is 0 Å². The van der Waals surface area contributed by atoms with Gasteiger partial charge in [0, 0.05) is 32.2 Å². The highest BCUT2D eigenvalue weighted by Gasteiger charge is 2.20. The van der Waals surface area contributed by atoms with Crippen molar-refractivity contribution in [3.8, 4) is 11.6 Å². The fourth-order valence-corrected chi connectivity index (χ4v) is 3.27. The normalized spacial score (nSPS) is 16.5. The Bertz CT molecular complexity index is 734. The standard InChI is InChI=1S/C20H33N7O2/c1-4-21-20(22-14-18-24-19(26-25-18)17-6-5-12-29-17)23-16-7-9-27(10-8-16)11-13-28-15(2)3/h5-6,12,15-16H,4,7-11,13-14H2,1-3H3,(H2,21,22,23)(H,24,25,26). The number of hydrogen-bond acceptors (Lipinski definition) is 6. The number of H-pyrrole nitrogens is 1. The molecule has 3 N–H and O–H groups in total. The average Bonchev–Trinajstić information content (AvgIpc) is 3.39. The van der Waals surface area contributed by atoms with E-state index in [1.807, 2.05) is 12.1 Å². The van der Waals surface area contributed by atoms with E-state index in [0.717, 1.165) is 51.6 Å². The molecule has 9 nitrogen and oxygen atoms in total. The van der Waals surface area contributed by atoms with E-state index < -0.39 is 0 Å². The van der Waals surface area contributed by atoms with Crippen LogP contribution in [0, 0.1) is 0 Å². The number of furan rings is 1. The lowest BCUT2D eigenvalue weighted by Crippen LogP contribution is -2.49. The van der Waals surface area contributed by atoms with Crippen LogP contribution in [-0.4, -0.2) is 71.0 Å². The summed E-state index contributed by atoms with van der Waals surface area (Å²) in [4.78, 5) is 11.6. The van der Waals surface area contributed by atoms with Crippen molar-refractivity contribution < 1.29 is 9.15 Å². The molecule has 2 aromatic heterocycles. The molecule has 0 bridgehead atoms. The van der Waals surface area contributed by atoms with E-state index >= 15 is 0 Å². The van der Waals surface area contributed by atoms with Crippen molar-refractivity contribution in [3.05, 3.63) is 24.2 Å². The lowest BCUT2D eigenvalue weighted by atomic mass is 10.1. The quantitative estimate of drug-likeness (QED) is 0.435. The molecule has 0 unspecified atom stereocenters. The zero-order chi connectivity index (χ0) is 20.5. The Morgan fingerprint density at radius 1 is 1.41 bits per heavy atom. The molecular weight excluding hydrogens is 370 g/mol. The summed E-state index contributed by atoms with van der Waals surface area (Å²) in [6, 6.07) is 4.08. The Balaban J connectivity index is 1.46. The van der Waals surface area contributed by atoms with Gasteiger partial charge in [-0.25, -0.2) is 9.98 Å². The van der Waals surface area contributed by atoms with E-state index in [1.165, 1.54) is 0 Å². The Labute approximate surface area is 172 Å². The van der Waals surface area contributed by atoms with Gasteiger partial charge in [0.15, 0.2) is 11.7 Å². The topological polar surface area (TPSA) is 104 Å². The second-order valence-corrected chi connectivity index (χ2v) is 7.46. The molecule has 1 aliphatic heterocycles. The summed E-state index contributed by atoms with van der Waals surface area (Å²) in [6.45, 7) is 11.4. The Hall–Kier alpha value is -2.39. The fourth-order valence-electron chi connectivity index (χ4n) is 3.27. The van der Waals surface area contributed by atoms with E-state index in [1.54, 1.807) is 6.26 Å². The van der Waals surface area contributed by atoms with Crippen molar-refractivity contribution in [1.29, 1.82) is 0 Å². The van der Waals surface area contributed by atoms with Crippen LogP contribution in [0.25, 0.3) is 11.6 Å². The number of aliphatic imine (C=N–C) groups is 1. The number of ether oxygens (including phenoxy) is 1. The summed E-state index contributed by atoms with van der Waals surface area (Å²) in [5.74, 6) is 2.71. The van der Waals surface area contributed by atoms with Gasteiger partial charge in [-0.3, -0.25) is 5.10 Å². The van der Waals surface area contributed by atoms with Gasteiger partial charge < -0.3 is 24.7 Å². The second kappa shape index (κ2) is 11.0. The van der Waals surface area contributed by atoms with Crippen LogP contribution in [0.15, 0.2) is 27.8 Å². The van der Waals surface area contributed by atoms with Crippen molar-refractivity contribution in [3.63, 3.8) is 0 Å². The summed E-state index contributed by atoms with van der Waals surface area (Å²) in [5, 5.41) is 14.0. The second-order valence-electron chi connectivity index (χ2n) is 7.46. The molecular formula is C20H33N7O2. The molecule has 0 aliphatic carbocycles. The van der Waals surface area contributed by atoms with E-state index in [9.17, 15) is 0 Å². The van der Waals surface area contributed by atoms with Crippen LogP contribution in [0.4, 0.5) is 0 Å². The molecule has 9 heteroatoms. The predicted octanol–water partition coefficient (Wildman–Crippen LogP) is 2.01. The number of likely N-dealkylation sites (tertiary alicyclic amines) is 1. The first kappa shape index (κ1) is 21.3. The largest absolute Gasteiger partial charge is 0.461 e. The lowest BCUT2D eigenvalue weighted by molar-refractivity contribution is 0.0532. The summed E-state index contributed by atoms with van der Waals surface area (Å²) in [7, 11) is 0. The number of aromatic nitrogens is 3. The third kappa shape index (κ3) is 6.86. The van der Waals surface area contributed by atoms with E-state index in [-0.39, 0.29) is 0 Å². The van der Waals surface area contributed by atoms with Crippen LogP contribution < -0.4 is 10.6 Å². The van der Waals surface area contributed by atoms with Gasteiger partial charge >= 0.3 is 0 Å². The summed E-state index contributed by atoms with van der Waals surface area (Å²) in [6.07, 6.45) is 4.10. The van der Waals surface area contributed by atoms with Gasteiger partial charge in [0.1, 0.15) is 12.4 Å². The summed E-state index contributed by atoms with van der Waals surface area (Å²) >= 11 is 0. The molecule has 1 saturated heterocycles. The van der Waals surface area contributed by atoms with E-state index in [2.05, 4.69) is 56.5 Å². The van der Waals surface area contributed by atoms with Gasteiger partial charge in [0.05, 0.1) is 19.0 Å². The highest BCUT2D eigenvalue weighted by molar-refractivity contribution is 5.80. The van der Waals surface area contributed by atoms with Gasteiger partial charge in [0.2, 0.25) is 5.82 Å². The van der Waals surface area contributed by atoms with Crippen LogP contribution in [0.2, 0.25) is 0 Å². The molecule has 2 aromatic rings. The predicted molar refractivity (Wildman–Crippen MR) is 113 cm³/mol. The van der Waals surface area contributed by atoms with Crippen molar-refractivity contribution in [2.45, 2.75) is 52.3 Å². The molecule has 3 heterocycles. The number of nitrogens with one attached hydrogen (secondary N) is 3. The molecule has 160 valence electrons. The third-order valence-corrected chi connectivity index (χ3v) is 4.79. The molecule has 0 aromatic carbocycles. The zero-order valence-corrected chi connectivity index (χ0v) is 17.6. The maximum atomic E-state index is 5.66. The maximum Gasteiger partial charge on any atom is 0.216 e. The van der Waals surface area contributed by atoms with Gasteiger partial charge in [-0.2, -0.15) is 0 Å². The first-order valence-corrected chi connectivity index (χ1v) is 10.5. The van der Waals surface area contributed by atoms with Crippen molar-refractivity contribution in [1.82, 2.24) is 30.7 Å². The van der Waals surface area contributed by atoms with E-state index in [0.29, 0.717) is 36.1 Å². The Kier molecular flexibility index (Phi) is 8.06. The summed E-state index contributed by atoms with van der Waals surface area (Å²) < 4.78 is 11.0. The Morgan fingerprint density at radius 2 is 2.24 bits per heavy atom. The smallest absolute Gasteiger partial charge is 0.216 e. The molecule has 0 spiro atoms. The minimum absolute atomic E-state index is 0.299. The molecule has 1 aliphatic rings. The van der Waals surface area contributed by atoms with Gasteiger partial charge in [-0.15, -0.1) is 5.10 Å². The first-order chi connectivity index (χ1) is 14.1. The van der Waals surface area contributed by atoms with Crippen LogP contribution in [0.5, 0.6) is 0 Å². The van der Waals surface area contributed by atoms with Crippen LogP contribution in [-0.2, 0) is 11.3 Å². The van der Waals surface area contributed by atoms with Crippen LogP contribution in [0.3, 0.4) is 0 Å². The summed E-state index contributed by atoms with van der Waals surface area (Å²) in [5.41, 5.74) is 0. The number of guanidine groups is 1. The molecule has 3 rings (SSSR count). The van der Waals surface area contributed by atoms with Crippen LogP contribution in [0.1, 0.15) is 39.4 Å². The van der Waals surface area contributed by atoms with E-state index in [4.69, 9.17) is 9.15 Å². The Morgan fingerprint density at radius 3 is 2.93 bits per heavy atom. The van der Waals surface area contributed by atoms with Gasteiger partial charge in [-0.05, 0) is 45.7 Å². The van der Waals surface area contributed by atoms with Gasteiger partial charge in [-0.1, -0.05) is 0 Å². The minimum atomic E-state index is 0.299. The highest BCUT2D eigenvalue weighted by atomic mass is 16.5. The third-order valence-electron chi connectivity index (χ3n) is 4.79. The molecule has 0 saturated carbocycles. The van der Waals surface area contributed by atoms with Crippen molar-refractivity contribution >= 4 is 5.96 Å². The molecule has 29 heavy (non-hydrogen) atoms. The van der Waals surface area contributed by atoms with Crippen molar-refractivity contribution in [2.24, 2.45) is 4.99 Å². The number of aromatic amines is 1. The highest BCUT2D eigenvalue weighted by Crippen LogP contribution is 2.14. The van der Waals surface area contributed by atoms with Crippen molar-refractivity contribution in [2.75, 3.05) is 32.8 Å². The molecule has 0 radical (unpaired) electrons. The number of hydrogen-bond donors (Lipinski definition) is 3. The molecule has 1 fully saturated rings. The average molecular weight is 404 g/mol. The molecule has 0 atom stereocenters. The lowest BCUT2D eigenvalue weighted by Gasteiger charge is -2.33. The number of rotatable bonds is 9. The number of nitrogens with zero attached hydrogens (tertiary/aromatic N) is 4. The number of piperidine rings is 1. The van der Waals surface area contributed by atoms with Crippen LogP contribution >= 0.6 is 0 Å². The minimum Gasteiger partial charge on any atom is -0.461 e.